The summed E-state index contributed by atoms with van der Waals surface area (Å²) >= 11 is 0. The van der Waals surface area contributed by atoms with E-state index in [4.69, 9.17) is 14.9 Å². The number of amides is 2. The van der Waals surface area contributed by atoms with Crippen molar-refractivity contribution in [1.82, 2.24) is 10.3 Å². The highest BCUT2D eigenvalue weighted by Gasteiger charge is 2.23. The van der Waals surface area contributed by atoms with Crippen molar-refractivity contribution >= 4 is 22.8 Å². The molecule has 10 heteroatoms. The predicted octanol–water partition coefficient (Wildman–Crippen LogP) is 2.23. The van der Waals surface area contributed by atoms with E-state index in [1.54, 1.807) is 19.1 Å². The van der Waals surface area contributed by atoms with Gasteiger partial charge in [0, 0.05) is 17.1 Å². The number of aliphatic hydroxyl groups excluding tert-OH is 1. The second-order valence-corrected chi connectivity index (χ2v) is 6.44. The zero-order valence-corrected chi connectivity index (χ0v) is 15.9. The average molecular weight is 419 g/mol. The first-order valence-electron chi connectivity index (χ1n) is 8.90. The van der Waals surface area contributed by atoms with E-state index < -0.39 is 30.9 Å². The number of hydrogen-bond acceptors (Lipinski definition) is 6. The first-order valence-corrected chi connectivity index (χ1v) is 8.90. The second-order valence-electron chi connectivity index (χ2n) is 6.44. The number of primary amides is 1. The number of aryl methyl sites for hydroxylation is 1. The molecule has 3 aromatic rings. The number of carbonyl (C=O) groups is 2. The second kappa shape index (κ2) is 8.87. The Kier molecular flexibility index (Phi) is 6.26. The number of furan rings is 1. The maximum Gasteiger partial charge on any atom is 0.280 e. The van der Waals surface area contributed by atoms with Gasteiger partial charge in [-0.25, -0.2) is 8.78 Å². The number of carbonyl (C=O) groups excluding carboxylic acids is 2. The summed E-state index contributed by atoms with van der Waals surface area (Å²) in [7, 11) is 0. The molecule has 0 aliphatic carbocycles. The standard InChI is InChI=1S/C20H19F2N3O5/c1-10-16(20(28)25-14(8-26)19(23)27)13-7-12(4-5-15(13)30-10)29-9-11-3-2-6-24-17(11)18(21)22/h2-7,14,18,26H,8-9H2,1H3,(H2,23,27)(H,25,28). The lowest BCUT2D eigenvalue weighted by Crippen LogP contribution is -2.46. The average Bonchev–Trinajstić information content (AvgIpc) is 3.05. The van der Waals surface area contributed by atoms with Gasteiger partial charge in [-0.15, -0.1) is 0 Å². The molecule has 2 heterocycles. The van der Waals surface area contributed by atoms with Crippen LogP contribution in [0, 0.1) is 6.92 Å². The molecule has 2 aromatic heterocycles. The van der Waals surface area contributed by atoms with Gasteiger partial charge in [0.1, 0.15) is 35.4 Å². The molecular weight excluding hydrogens is 400 g/mol. The number of aromatic nitrogens is 1. The van der Waals surface area contributed by atoms with E-state index in [0.29, 0.717) is 16.7 Å². The van der Waals surface area contributed by atoms with Gasteiger partial charge in [0.2, 0.25) is 5.91 Å². The smallest absolute Gasteiger partial charge is 0.280 e. The van der Waals surface area contributed by atoms with Gasteiger partial charge in [-0.05, 0) is 31.2 Å². The Labute approximate surface area is 169 Å². The summed E-state index contributed by atoms with van der Waals surface area (Å²) in [4.78, 5) is 27.6. The number of alkyl halides is 2. The molecular formula is C20H19F2N3O5. The van der Waals surface area contributed by atoms with Crippen LogP contribution in [-0.4, -0.2) is 34.6 Å². The summed E-state index contributed by atoms with van der Waals surface area (Å²) in [5.74, 6) is -0.941. The van der Waals surface area contributed by atoms with Gasteiger partial charge in [-0.1, -0.05) is 6.07 Å². The highest BCUT2D eigenvalue weighted by atomic mass is 19.3. The van der Waals surface area contributed by atoms with Crippen molar-refractivity contribution in [3.8, 4) is 5.75 Å². The van der Waals surface area contributed by atoms with E-state index in [0.717, 1.165) is 0 Å². The van der Waals surface area contributed by atoms with E-state index in [1.807, 2.05) is 0 Å². The zero-order chi connectivity index (χ0) is 21.8. The van der Waals surface area contributed by atoms with Crippen LogP contribution in [0.4, 0.5) is 8.78 Å². The van der Waals surface area contributed by atoms with E-state index in [9.17, 15) is 23.5 Å². The fraction of sp³-hybridized carbons (Fsp3) is 0.250. The van der Waals surface area contributed by atoms with Crippen molar-refractivity contribution in [1.29, 1.82) is 0 Å². The Morgan fingerprint density at radius 1 is 1.33 bits per heavy atom. The molecule has 4 N–H and O–H groups in total. The number of hydrogen-bond donors (Lipinski definition) is 3. The number of ether oxygens (including phenoxy) is 1. The number of nitrogens with two attached hydrogens (primary N) is 1. The molecule has 0 aliphatic rings. The lowest BCUT2D eigenvalue weighted by molar-refractivity contribution is -0.120. The van der Waals surface area contributed by atoms with Crippen molar-refractivity contribution in [2.24, 2.45) is 5.73 Å². The van der Waals surface area contributed by atoms with Crippen LogP contribution in [0.5, 0.6) is 5.75 Å². The summed E-state index contributed by atoms with van der Waals surface area (Å²) in [6.45, 7) is 0.770. The van der Waals surface area contributed by atoms with Crippen molar-refractivity contribution in [3.63, 3.8) is 0 Å². The molecule has 0 saturated carbocycles. The highest BCUT2D eigenvalue weighted by molar-refractivity contribution is 6.08. The van der Waals surface area contributed by atoms with E-state index in [-0.39, 0.29) is 29.2 Å². The Hall–Kier alpha value is -3.53. The van der Waals surface area contributed by atoms with Gasteiger partial charge in [-0.3, -0.25) is 14.6 Å². The number of benzene rings is 1. The first-order chi connectivity index (χ1) is 14.3. The fourth-order valence-corrected chi connectivity index (χ4v) is 2.94. The number of rotatable bonds is 8. The Bertz CT molecular complexity index is 1080. The van der Waals surface area contributed by atoms with E-state index >= 15 is 0 Å². The van der Waals surface area contributed by atoms with Crippen molar-refractivity contribution in [2.45, 2.75) is 26.0 Å². The normalized spacial score (nSPS) is 12.2. The number of fused-ring (bicyclic) bond motifs is 1. The molecule has 30 heavy (non-hydrogen) atoms. The van der Waals surface area contributed by atoms with Crippen LogP contribution in [0.15, 0.2) is 40.9 Å². The van der Waals surface area contributed by atoms with Crippen molar-refractivity contribution in [3.05, 3.63) is 59.1 Å². The van der Waals surface area contributed by atoms with Crippen LogP contribution < -0.4 is 15.8 Å². The summed E-state index contributed by atoms with van der Waals surface area (Å²) in [5.41, 5.74) is 5.54. The number of nitrogens with zero attached hydrogens (tertiary/aromatic N) is 1. The quantitative estimate of drug-likeness (QED) is 0.514. The Morgan fingerprint density at radius 2 is 2.10 bits per heavy atom. The first kappa shape index (κ1) is 21.2. The Morgan fingerprint density at radius 3 is 2.77 bits per heavy atom. The minimum absolute atomic E-state index is 0.143. The molecule has 2 amide bonds. The number of nitrogens with one attached hydrogen (secondary N) is 1. The molecule has 0 radical (unpaired) electrons. The van der Waals surface area contributed by atoms with Crippen LogP contribution in [0.1, 0.15) is 33.8 Å². The third-order valence-electron chi connectivity index (χ3n) is 4.42. The molecule has 0 aliphatic heterocycles. The molecule has 0 spiro atoms. The van der Waals surface area contributed by atoms with Crippen LogP contribution in [-0.2, 0) is 11.4 Å². The van der Waals surface area contributed by atoms with E-state index in [2.05, 4.69) is 10.3 Å². The summed E-state index contributed by atoms with van der Waals surface area (Å²) < 4.78 is 37.3. The third kappa shape index (κ3) is 4.38. The van der Waals surface area contributed by atoms with E-state index in [1.165, 1.54) is 24.4 Å². The largest absolute Gasteiger partial charge is 0.489 e. The van der Waals surface area contributed by atoms with Gasteiger partial charge in [-0.2, -0.15) is 0 Å². The third-order valence-corrected chi connectivity index (χ3v) is 4.42. The molecule has 0 fully saturated rings. The summed E-state index contributed by atoms with van der Waals surface area (Å²) in [6.07, 6.45) is -1.45. The lowest BCUT2D eigenvalue weighted by Gasteiger charge is -2.12. The maximum atomic E-state index is 13.1. The predicted molar refractivity (Wildman–Crippen MR) is 102 cm³/mol. The number of halogens is 2. The molecule has 1 atom stereocenters. The molecule has 1 aromatic carbocycles. The molecule has 3 rings (SSSR count). The highest BCUT2D eigenvalue weighted by Crippen LogP contribution is 2.30. The van der Waals surface area contributed by atoms with Crippen molar-refractivity contribution in [2.75, 3.05) is 6.61 Å². The molecule has 0 bridgehead atoms. The monoisotopic (exact) mass is 419 g/mol. The number of pyridine rings is 1. The molecule has 1 unspecified atom stereocenters. The summed E-state index contributed by atoms with van der Waals surface area (Å²) in [5, 5.41) is 11.9. The van der Waals surface area contributed by atoms with Gasteiger partial charge in [0.05, 0.1) is 12.2 Å². The van der Waals surface area contributed by atoms with Gasteiger partial charge < -0.3 is 25.3 Å². The molecule has 0 saturated heterocycles. The van der Waals surface area contributed by atoms with Crippen LogP contribution in [0.3, 0.4) is 0 Å². The minimum Gasteiger partial charge on any atom is -0.489 e. The topological polar surface area (TPSA) is 128 Å². The minimum atomic E-state index is -2.73. The Balaban J connectivity index is 1.86. The van der Waals surface area contributed by atoms with Crippen LogP contribution in [0.25, 0.3) is 11.0 Å². The SMILES string of the molecule is Cc1oc2ccc(OCc3cccnc3C(F)F)cc2c1C(=O)NC(CO)C(N)=O. The lowest BCUT2D eigenvalue weighted by atomic mass is 10.1. The maximum absolute atomic E-state index is 13.1. The number of aliphatic hydroxyl groups is 1. The fourth-order valence-electron chi connectivity index (χ4n) is 2.94. The van der Waals surface area contributed by atoms with Gasteiger partial charge >= 0.3 is 0 Å². The van der Waals surface area contributed by atoms with Crippen LogP contribution >= 0.6 is 0 Å². The van der Waals surface area contributed by atoms with Crippen LogP contribution in [0.2, 0.25) is 0 Å². The summed E-state index contributed by atoms with van der Waals surface area (Å²) in [6, 6.07) is 6.45. The van der Waals surface area contributed by atoms with Crippen molar-refractivity contribution < 1.29 is 32.6 Å². The molecule has 158 valence electrons. The zero-order valence-electron chi connectivity index (χ0n) is 15.9. The molecule has 8 nitrogen and oxygen atoms in total. The van der Waals surface area contributed by atoms with Gasteiger partial charge in [0.15, 0.2) is 0 Å². The van der Waals surface area contributed by atoms with Gasteiger partial charge in [0.25, 0.3) is 12.3 Å².